The number of hydrogen-bond donors (Lipinski definition) is 0. The fourth-order valence-electron chi connectivity index (χ4n) is 6.76. The van der Waals surface area contributed by atoms with E-state index >= 15 is 0 Å². The van der Waals surface area contributed by atoms with Crippen molar-refractivity contribution in [2.45, 2.75) is 67.8 Å². The Labute approximate surface area is 291 Å². The van der Waals surface area contributed by atoms with Gasteiger partial charge in [0.2, 0.25) is 10.6 Å². The van der Waals surface area contributed by atoms with E-state index in [4.69, 9.17) is 4.74 Å². The van der Waals surface area contributed by atoms with E-state index in [1.54, 1.807) is 0 Å². The first kappa shape index (κ1) is 31.9. The maximum absolute atomic E-state index is 7.35. The molecule has 7 heteroatoms. The molecular formula is C40H42N3OS3+. The van der Waals surface area contributed by atoms with Gasteiger partial charge in [-0.3, -0.25) is 0 Å². The lowest BCUT2D eigenvalue weighted by Gasteiger charge is -2.38. The van der Waals surface area contributed by atoms with Crippen molar-refractivity contribution in [2.75, 3.05) is 22.9 Å². The fraction of sp³-hybridized carbons (Fsp3) is 0.275. The number of thioether (sulfide) groups is 2. The number of fused-ring (bicyclic) bond motifs is 3. The molecule has 2 aliphatic heterocycles. The summed E-state index contributed by atoms with van der Waals surface area (Å²) in [6.45, 7) is 13.4. The van der Waals surface area contributed by atoms with E-state index in [1.807, 2.05) is 40.9 Å². The van der Waals surface area contributed by atoms with Crippen LogP contribution in [0.1, 0.15) is 51.5 Å². The molecule has 7 rings (SSSR count). The van der Waals surface area contributed by atoms with Crippen molar-refractivity contribution in [1.82, 2.24) is 0 Å². The molecule has 0 saturated carbocycles. The van der Waals surface area contributed by atoms with Gasteiger partial charge in [0.05, 0.1) is 16.4 Å². The second-order valence-corrected chi connectivity index (χ2v) is 15.5. The number of anilines is 2. The zero-order chi connectivity index (χ0) is 32.4. The van der Waals surface area contributed by atoms with Gasteiger partial charge in [-0.05, 0) is 93.2 Å². The number of rotatable bonds is 10. The molecule has 4 nitrogen and oxygen atoms in total. The highest BCUT2D eigenvalue weighted by Crippen LogP contribution is 2.53. The molecular weight excluding hydrogens is 635 g/mol. The molecule has 0 N–H and O–H groups in total. The molecule has 1 aromatic heterocycles. The Morgan fingerprint density at radius 1 is 0.915 bits per heavy atom. The molecule has 3 heterocycles. The van der Waals surface area contributed by atoms with Crippen molar-refractivity contribution >= 4 is 62.5 Å². The Morgan fingerprint density at radius 3 is 2.49 bits per heavy atom. The second kappa shape index (κ2) is 13.8. The largest absolute Gasteiger partial charge is 0.458 e. The average Bonchev–Trinajstić information content (AvgIpc) is 3.73. The summed E-state index contributed by atoms with van der Waals surface area (Å²) in [6, 6.07) is 26.1. The van der Waals surface area contributed by atoms with Crippen LogP contribution >= 0.6 is 34.9 Å². The molecule has 3 aliphatic rings. The summed E-state index contributed by atoms with van der Waals surface area (Å²) in [4.78, 5) is 7.41. The van der Waals surface area contributed by atoms with Crippen molar-refractivity contribution < 1.29 is 9.30 Å². The minimum Gasteiger partial charge on any atom is -0.458 e. The molecule has 4 aromatic rings. The molecule has 1 aliphatic carbocycles. The van der Waals surface area contributed by atoms with Crippen LogP contribution in [0.15, 0.2) is 135 Å². The maximum Gasteiger partial charge on any atom is 0.262 e. The number of thiazole rings is 1. The van der Waals surface area contributed by atoms with Gasteiger partial charge in [0.1, 0.15) is 17.0 Å². The number of aryl methyl sites for hydroxylation is 1. The van der Waals surface area contributed by atoms with Gasteiger partial charge in [-0.15, -0.1) is 6.58 Å². The number of para-hydroxylation sites is 3. The van der Waals surface area contributed by atoms with Gasteiger partial charge in [0.25, 0.3) is 5.01 Å². The molecule has 0 spiro atoms. The van der Waals surface area contributed by atoms with Crippen molar-refractivity contribution in [2.24, 2.45) is 0 Å². The SMILES string of the molecule is C=CCCN1c2ccccc2SC1(C)OC1=C(/C=C/c2sc3ccccc3[n+]2CC)CCC/C1=C\C=C1/Sc2ccccc2N1CC. The molecule has 0 saturated heterocycles. The monoisotopic (exact) mass is 676 g/mol. The first-order chi connectivity index (χ1) is 23.0. The van der Waals surface area contributed by atoms with Crippen molar-refractivity contribution in [3.63, 3.8) is 0 Å². The van der Waals surface area contributed by atoms with Crippen molar-refractivity contribution in [3.8, 4) is 0 Å². The zero-order valence-corrected chi connectivity index (χ0v) is 29.9. The van der Waals surface area contributed by atoms with Crippen LogP contribution in [0.5, 0.6) is 0 Å². The van der Waals surface area contributed by atoms with Crippen molar-refractivity contribution in [1.29, 1.82) is 0 Å². The van der Waals surface area contributed by atoms with E-state index in [1.165, 1.54) is 52.6 Å². The summed E-state index contributed by atoms with van der Waals surface area (Å²) >= 11 is 5.52. The Kier molecular flexibility index (Phi) is 9.40. The summed E-state index contributed by atoms with van der Waals surface area (Å²) in [5.74, 6) is 1.02. The molecule has 3 aromatic carbocycles. The molecule has 240 valence electrons. The van der Waals surface area contributed by atoms with Crippen LogP contribution in [0.25, 0.3) is 16.3 Å². The maximum atomic E-state index is 7.35. The lowest BCUT2D eigenvalue weighted by molar-refractivity contribution is -0.665. The Morgan fingerprint density at radius 2 is 1.68 bits per heavy atom. The van der Waals surface area contributed by atoms with E-state index in [2.05, 4.69) is 139 Å². The van der Waals surface area contributed by atoms with Gasteiger partial charge < -0.3 is 14.5 Å². The first-order valence-corrected chi connectivity index (χ1v) is 19.1. The van der Waals surface area contributed by atoms with Crippen LogP contribution in [-0.4, -0.2) is 18.1 Å². The van der Waals surface area contributed by atoms with Crippen LogP contribution < -0.4 is 14.4 Å². The van der Waals surface area contributed by atoms with Crippen LogP contribution in [0, 0.1) is 0 Å². The Bertz CT molecular complexity index is 1940. The Hall–Kier alpha value is -3.65. The van der Waals surface area contributed by atoms with Crippen LogP contribution in [0.2, 0.25) is 0 Å². The highest BCUT2D eigenvalue weighted by atomic mass is 32.2. The molecule has 0 bridgehead atoms. The van der Waals surface area contributed by atoms with Gasteiger partial charge in [0, 0.05) is 41.9 Å². The third kappa shape index (κ3) is 6.21. The summed E-state index contributed by atoms with van der Waals surface area (Å²) in [5, 5.41) is 1.94. The fourth-order valence-corrected chi connectivity index (χ4v) is 10.3. The molecule has 0 fully saturated rings. The summed E-state index contributed by atoms with van der Waals surface area (Å²) in [5.41, 5.74) is 6.34. The molecule has 1 unspecified atom stereocenters. The van der Waals surface area contributed by atoms with Gasteiger partial charge in [-0.2, -0.15) is 4.57 Å². The highest BCUT2D eigenvalue weighted by Gasteiger charge is 2.44. The predicted molar refractivity (Wildman–Crippen MR) is 203 cm³/mol. The minimum atomic E-state index is -0.584. The zero-order valence-electron chi connectivity index (χ0n) is 27.4. The van der Waals surface area contributed by atoms with Crippen LogP contribution in [0.3, 0.4) is 0 Å². The number of aromatic nitrogens is 1. The van der Waals surface area contributed by atoms with E-state index in [-0.39, 0.29) is 0 Å². The van der Waals surface area contributed by atoms with Gasteiger partial charge in [-0.25, -0.2) is 0 Å². The average molecular weight is 677 g/mol. The highest BCUT2D eigenvalue weighted by molar-refractivity contribution is 8.03. The van der Waals surface area contributed by atoms with Crippen LogP contribution in [0.4, 0.5) is 11.4 Å². The van der Waals surface area contributed by atoms with Crippen molar-refractivity contribution in [3.05, 3.63) is 131 Å². The lowest BCUT2D eigenvalue weighted by atomic mass is 9.92. The van der Waals surface area contributed by atoms with Gasteiger partial charge in [-0.1, -0.05) is 83.4 Å². The third-order valence-corrected chi connectivity index (χ3v) is 12.5. The number of hydrogen-bond acceptors (Lipinski definition) is 6. The number of allylic oxidation sites excluding steroid dienone is 5. The van der Waals surface area contributed by atoms with E-state index in [0.717, 1.165) is 51.1 Å². The van der Waals surface area contributed by atoms with Crippen LogP contribution in [-0.2, 0) is 11.3 Å². The molecule has 47 heavy (non-hydrogen) atoms. The van der Waals surface area contributed by atoms with Gasteiger partial charge in [0.15, 0.2) is 0 Å². The van der Waals surface area contributed by atoms with E-state index in [9.17, 15) is 0 Å². The smallest absolute Gasteiger partial charge is 0.262 e. The molecule has 0 amide bonds. The number of benzene rings is 3. The normalized spacial score (nSPS) is 21.0. The topological polar surface area (TPSA) is 19.6 Å². The van der Waals surface area contributed by atoms with Gasteiger partial charge >= 0.3 is 0 Å². The summed E-state index contributed by atoms with van der Waals surface area (Å²) in [7, 11) is 0. The predicted octanol–water partition coefficient (Wildman–Crippen LogP) is 10.9. The second-order valence-electron chi connectivity index (χ2n) is 12.0. The number of nitrogens with zero attached hydrogens (tertiary/aromatic N) is 3. The Balaban J connectivity index is 1.30. The van der Waals surface area contributed by atoms with E-state index < -0.39 is 5.06 Å². The summed E-state index contributed by atoms with van der Waals surface area (Å²) < 4.78 is 11.1. The third-order valence-electron chi connectivity index (χ3n) is 9.03. The molecule has 1 atom stereocenters. The first-order valence-electron chi connectivity index (χ1n) is 16.7. The molecule has 0 radical (unpaired) electrons. The summed E-state index contributed by atoms with van der Waals surface area (Å²) in [6.07, 6.45) is 15.2. The lowest BCUT2D eigenvalue weighted by Crippen LogP contribution is -2.43. The van der Waals surface area contributed by atoms with E-state index in [0.29, 0.717) is 0 Å². The number of ether oxygens (including phenoxy) is 1. The minimum absolute atomic E-state index is 0.584. The standard InChI is InChI=1S/C40H42N3OS3/c1-5-8-28-43-33-20-11-14-23-36(33)47-40(43,4)44-39-29(24-26-37-41(6-2)31-18-9-12-21-34(31)45-37)16-15-17-30(39)25-27-38-42(7-3)32-19-10-13-22-35(32)46-38/h5,9-14,18-27H,1,6-8,15-17,28H2,2-4H3/q+1. The quantitative estimate of drug-likeness (QED) is 0.123.